The summed E-state index contributed by atoms with van der Waals surface area (Å²) >= 11 is 12.6. The minimum absolute atomic E-state index is 0.0462. The highest BCUT2D eigenvalue weighted by molar-refractivity contribution is 7.89. The molecule has 0 unspecified atom stereocenters. The zero-order valence-corrected chi connectivity index (χ0v) is 24.0. The van der Waals surface area contributed by atoms with E-state index in [9.17, 15) is 13.2 Å². The third-order valence-electron chi connectivity index (χ3n) is 5.88. The molecule has 10 heteroatoms. The molecule has 0 aliphatic heterocycles. The number of carbonyl (C=O) groups is 1. The second kappa shape index (κ2) is 13.6. The van der Waals surface area contributed by atoms with Crippen molar-refractivity contribution in [2.24, 2.45) is 5.10 Å². The summed E-state index contributed by atoms with van der Waals surface area (Å²) in [6, 6.07) is 28.3. The first kappa shape index (κ1) is 29.3. The fourth-order valence-electron chi connectivity index (χ4n) is 3.74. The van der Waals surface area contributed by atoms with Crippen LogP contribution >= 0.6 is 23.2 Å². The number of hydrazone groups is 1. The predicted octanol–water partition coefficient (Wildman–Crippen LogP) is 6.22. The van der Waals surface area contributed by atoms with E-state index >= 15 is 0 Å². The Morgan fingerprint density at radius 1 is 0.925 bits per heavy atom. The molecule has 0 fully saturated rings. The van der Waals surface area contributed by atoms with E-state index in [2.05, 4.69) is 10.5 Å². The fourth-order valence-corrected chi connectivity index (χ4v) is 5.63. The van der Waals surface area contributed by atoms with Crippen LogP contribution in [0.25, 0.3) is 0 Å². The van der Waals surface area contributed by atoms with Gasteiger partial charge in [-0.25, -0.2) is 13.8 Å². The molecule has 0 atom stereocenters. The number of rotatable bonds is 11. The molecule has 0 saturated heterocycles. The Labute approximate surface area is 244 Å². The number of halogens is 2. The van der Waals surface area contributed by atoms with Crippen molar-refractivity contribution in [1.82, 2.24) is 9.73 Å². The Hall–Kier alpha value is -3.69. The van der Waals surface area contributed by atoms with E-state index in [4.69, 9.17) is 27.9 Å². The topological polar surface area (TPSA) is 88.1 Å². The molecular weight excluding hydrogens is 569 g/mol. The number of sulfonamides is 1. The van der Waals surface area contributed by atoms with Gasteiger partial charge in [-0.1, -0.05) is 89.4 Å². The van der Waals surface area contributed by atoms with Crippen LogP contribution in [0.15, 0.2) is 107 Å². The van der Waals surface area contributed by atoms with Gasteiger partial charge < -0.3 is 4.74 Å². The second-order valence-corrected chi connectivity index (χ2v) is 11.7. The Bertz CT molecular complexity index is 1580. The zero-order chi connectivity index (χ0) is 28.5. The average Bonchev–Trinajstić information content (AvgIpc) is 2.94. The molecule has 0 aromatic heterocycles. The molecule has 7 nitrogen and oxygen atoms in total. The molecule has 0 bridgehead atoms. The Morgan fingerprint density at radius 3 is 2.30 bits per heavy atom. The van der Waals surface area contributed by atoms with Gasteiger partial charge in [0.15, 0.2) is 0 Å². The number of carbonyl (C=O) groups excluding carboxylic acids is 1. The summed E-state index contributed by atoms with van der Waals surface area (Å²) in [6.45, 7) is 1.56. The Morgan fingerprint density at radius 2 is 1.60 bits per heavy atom. The van der Waals surface area contributed by atoms with Crippen molar-refractivity contribution in [3.8, 4) is 5.75 Å². The molecule has 4 aromatic rings. The molecule has 1 N–H and O–H groups in total. The van der Waals surface area contributed by atoms with Gasteiger partial charge >= 0.3 is 0 Å². The van der Waals surface area contributed by atoms with Gasteiger partial charge in [0.05, 0.1) is 17.7 Å². The summed E-state index contributed by atoms with van der Waals surface area (Å²) < 4.78 is 33.9. The van der Waals surface area contributed by atoms with Gasteiger partial charge in [0.25, 0.3) is 5.91 Å². The van der Waals surface area contributed by atoms with Gasteiger partial charge in [-0.15, -0.1) is 0 Å². The monoisotopic (exact) mass is 595 g/mol. The first-order valence-corrected chi connectivity index (χ1v) is 14.5. The Kier molecular flexibility index (Phi) is 9.95. The summed E-state index contributed by atoms with van der Waals surface area (Å²) in [6.07, 6.45) is 1.46. The van der Waals surface area contributed by atoms with Crippen molar-refractivity contribution in [2.45, 2.75) is 25.0 Å². The molecule has 206 valence electrons. The van der Waals surface area contributed by atoms with E-state index in [0.29, 0.717) is 33.5 Å². The number of ether oxygens (including phenoxy) is 1. The normalized spacial score (nSPS) is 11.6. The highest BCUT2D eigenvalue weighted by atomic mass is 35.5. The number of nitrogens with one attached hydrogen (secondary N) is 1. The molecule has 0 aliphatic carbocycles. The molecule has 0 saturated carbocycles. The maximum absolute atomic E-state index is 13.5. The minimum atomic E-state index is -4.07. The first-order chi connectivity index (χ1) is 19.2. The molecule has 0 radical (unpaired) electrons. The summed E-state index contributed by atoms with van der Waals surface area (Å²) in [5.74, 6) is 0.0118. The van der Waals surface area contributed by atoms with E-state index < -0.39 is 22.5 Å². The second-order valence-electron chi connectivity index (χ2n) is 8.93. The van der Waals surface area contributed by atoms with Crippen LogP contribution in [0.5, 0.6) is 5.75 Å². The number of hydrogen-bond acceptors (Lipinski definition) is 5. The number of aryl methyl sites for hydroxylation is 1. The molecule has 0 aliphatic rings. The third kappa shape index (κ3) is 7.92. The fraction of sp³-hybridized carbons (Fsp3) is 0.133. The first-order valence-electron chi connectivity index (χ1n) is 12.3. The summed E-state index contributed by atoms with van der Waals surface area (Å²) in [4.78, 5) is 12.9. The molecule has 0 spiro atoms. The minimum Gasteiger partial charge on any atom is -0.489 e. The summed E-state index contributed by atoms with van der Waals surface area (Å²) in [5, 5.41) is 4.60. The van der Waals surface area contributed by atoms with Crippen LogP contribution in [0.1, 0.15) is 22.3 Å². The van der Waals surface area contributed by atoms with Crippen LogP contribution in [0.2, 0.25) is 10.0 Å². The van der Waals surface area contributed by atoms with Crippen LogP contribution in [0, 0.1) is 6.92 Å². The molecule has 4 aromatic carbocycles. The van der Waals surface area contributed by atoms with Crippen LogP contribution in [-0.4, -0.2) is 31.4 Å². The van der Waals surface area contributed by atoms with Crippen LogP contribution in [-0.2, 0) is 28.0 Å². The highest BCUT2D eigenvalue weighted by Crippen LogP contribution is 2.28. The maximum Gasteiger partial charge on any atom is 0.255 e. The maximum atomic E-state index is 13.5. The lowest BCUT2D eigenvalue weighted by molar-refractivity contribution is -0.121. The summed E-state index contributed by atoms with van der Waals surface area (Å²) in [7, 11) is -4.07. The average molecular weight is 597 g/mol. The van der Waals surface area contributed by atoms with Crippen LogP contribution < -0.4 is 10.2 Å². The predicted molar refractivity (Wildman–Crippen MR) is 158 cm³/mol. The molecule has 1 amide bonds. The molecule has 4 rings (SSSR count). The van der Waals surface area contributed by atoms with Gasteiger partial charge in [-0.05, 0) is 54.4 Å². The van der Waals surface area contributed by atoms with Crippen molar-refractivity contribution in [1.29, 1.82) is 0 Å². The summed E-state index contributed by atoms with van der Waals surface area (Å²) in [5.41, 5.74) is 5.43. The van der Waals surface area contributed by atoms with Gasteiger partial charge in [-0.3, -0.25) is 4.79 Å². The van der Waals surface area contributed by atoms with E-state index in [1.54, 1.807) is 42.5 Å². The van der Waals surface area contributed by atoms with Gasteiger partial charge in [0.2, 0.25) is 10.0 Å². The number of benzene rings is 4. The number of amides is 1. The zero-order valence-electron chi connectivity index (χ0n) is 21.6. The van der Waals surface area contributed by atoms with E-state index in [0.717, 1.165) is 15.4 Å². The number of hydrogen-bond donors (Lipinski definition) is 1. The lowest BCUT2D eigenvalue weighted by atomic mass is 10.2. The largest absolute Gasteiger partial charge is 0.489 e. The van der Waals surface area contributed by atoms with Crippen molar-refractivity contribution in [3.63, 3.8) is 0 Å². The van der Waals surface area contributed by atoms with E-state index in [1.807, 2.05) is 49.4 Å². The Balaban J connectivity index is 1.46. The van der Waals surface area contributed by atoms with Crippen molar-refractivity contribution < 1.29 is 17.9 Å². The quantitative estimate of drug-likeness (QED) is 0.165. The lowest BCUT2D eigenvalue weighted by Crippen LogP contribution is -2.39. The highest BCUT2D eigenvalue weighted by Gasteiger charge is 2.28. The molecule has 40 heavy (non-hydrogen) atoms. The van der Waals surface area contributed by atoms with Crippen molar-refractivity contribution >= 4 is 45.3 Å². The smallest absolute Gasteiger partial charge is 0.255 e. The van der Waals surface area contributed by atoms with Gasteiger partial charge in [-0.2, -0.15) is 9.41 Å². The third-order valence-corrected chi connectivity index (χ3v) is 8.40. The van der Waals surface area contributed by atoms with Crippen molar-refractivity contribution in [2.75, 3.05) is 6.54 Å². The van der Waals surface area contributed by atoms with E-state index in [-0.39, 0.29) is 11.4 Å². The SMILES string of the molecule is Cc1ccc(S(=O)(=O)N(CC(=O)N/N=C\c2cccc(OCc3ccccc3)c2)Cc2c(Cl)cccc2Cl)cc1. The van der Waals surface area contributed by atoms with Crippen LogP contribution in [0.4, 0.5) is 0 Å². The van der Waals surface area contributed by atoms with Crippen LogP contribution in [0.3, 0.4) is 0 Å². The van der Waals surface area contributed by atoms with Crippen molar-refractivity contribution in [3.05, 3.63) is 129 Å². The number of nitrogens with zero attached hydrogens (tertiary/aromatic N) is 2. The standard InChI is InChI=1S/C30H27Cl2N3O4S/c1-22-13-15-26(16-14-22)40(37,38)35(19-27-28(31)11-6-12-29(27)32)20-30(36)34-33-18-24-9-5-10-25(17-24)39-21-23-7-3-2-4-8-23/h2-18H,19-21H2,1H3,(H,34,36)/b33-18-. The molecular formula is C30H27Cl2N3O4S. The van der Waals surface area contributed by atoms with E-state index in [1.165, 1.54) is 18.3 Å². The lowest BCUT2D eigenvalue weighted by Gasteiger charge is -2.22. The van der Waals surface area contributed by atoms with Gasteiger partial charge in [0, 0.05) is 22.2 Å². The molecule has 0 heterocycles. The van der Waals surface area contributed by atoms with Gasteiger partial charge in [0.1, 0.15) is 12.4 Å².